The Kier molecular flexibility index (Phi) is 11.0. The minimum Gasteiger partial charge on any atom is -0.489 e. The average molecular weight is 955 g/mol. The van der Waals surface area contributed by atoms with E-state index in [1.54, 1.807) is 0 Å². The summed E-state index contributed by atoms with van der Waals surface area (Å²) in [7, 11) is 0. The SMILES string of the molecule is CCC1=C(/C=C\CC2N=C(C3CC(N4c5cc6ccccc6cc5C5C=CC=C[C@@H]54)=CC4=C3COc3ccccc34)N=C(C3=CC=C4c5ccccc5SC4C3)N2)C(CCC2C=CC=CC2)c2ccccc21. The highest BCUT2D eigenvalue weighted by Crippen LogP contribution is 2.53. The van der Waals surface area contributed by atoms with Crippen molar-refractivity contribution < 1.29 is 4.74 Å². The average Bonchev–Trinajstić information content (AvgIpc) is 4.08. The number of amidine groups is 2. The van der Waals surface area contributed by atoms with Gasteiger partial charge in [0.25, 0.3) is 0 Å². The first kappa shape index (κ1) is 43.6. The van der Waals surface area contributed by atoms with Gasteiger partial charge in [0.2, 0.25) is 0 Å². The molecule has 6 unspecified atom stereocenters. The Morgan fingerprint density at radius 1 is 0.792 bits per heavy atom. The maximum Gasteiger partial charge on any atom is 0.135 e. The Labute approximate surface area is 428 Å². The van der Waals surface area contributed by atoms with Gasteiger partial charge in [0.15, 0.2) is 0 Å². The van der Waals surface area contributed by atoms with Crippen molar-refractivity contribution in [2.24, 2.45) is 21.8 Å². The van der Waals surface area contributed by atoms with E-state index in [0.29, 0.717) is 23.7 Å². The number of anilines is 1. The van der Waals surface area contributed by atoms with Crippen LogP contribution in [-0.2, 0) is 0 Å². The summed E-state index contributed by atoms with van der Waals surface area (Å²) in [6, 6.07) is 40.5. The minimum absolute atomic E-state index is 0.0878. The number of aliphatic imine (C=N–C) groups is 2. The summed E-state index contributed by atoms with van der Waals surface area (Å²) >= 11 is 1.99. The summed E-state index contributed by atoms with van der Waals surface area (Å²) in [5.74, 6) is 3.93. The number of hydrogen-bond donors (Lipinski definition) is 1. The van der Waals surface area contributed by atoms with E-state index in [9.17, 15) is 0 Å². The number of benzene rings is 5. The Morgan fingerprint density at radius 2 is 1.60 bits per heavy atom. The minimum atomic E-state index is -0.194. The molecule has 6 heteroatoms. The summed E-state index contributed by atoms with van der Waals surface area (Å²) in [5, 5.41) is 6.85. The van der Waals surface area contributed by atoms with E-state index < -0.39 is 0 Å². The number of nitrogens with one attached hydrogen (secondary N) is 1. The molecule has 5 aromatic rings. The number of nitrogens with zero attached hydrogens (tertiary/aromatic N) is 3. The van der Waals surface area contributed by atoms with Crippen LogP contribution in [0.15, 0.2) is 225 Å². The van der Waals surface area contributed by atoms with Gasteiger partial charge in [-0.2, -0.15) is 0 Å². The molecule has 5 nitrogen and oxygen atoms in total. The predicted octanol–water partition coefficient (Wildman–Crippen LogP) is 15.4. The molecule has 354 valence electrons. The van der Waals surface area contributed by atoms with Gasteiger partial charge in [-0.25, -0.2) is 9.98 Å². The van der Waals surface area contributed by atoms with Crippen molar-refractivity contribution in [3.05, 3.63) is 238 Å². The van der Waals surface area contributed by atoms with E-state index in [1.165, 1.54) is 89.2 Å². The lowest BCUT2D eigenvalue weighted by Gasteiger charge is -2.39. The lowest BCUT2D eigenvalue weighted by atomic mass is 9.80. The first-order valence-electron chi connectivity index (χ1n) is 26.4. The zero-order valence-corrected chi connectivity index (χ0v) is 41.6. The van der Waals surface area contributed by atoms with E-state index in [0.717, 1.165) is 61.5 Å². The Morgan fingerprint density at radius 3 is 2.49 bits per heavy atom. The largest absolute Gasteiger partial charge is 0.489 e. The van der Waals surface area contributed by atoms with Crippen LogP contribution in [0.2, 0.25) is 0 Å². The van der Waals surface area contributed by atoms with Crippen LogP contribution < -0.4 is 15.0 Å². The van der Waals surface area contributed by atoms with Gasteiger partial charge in [-0.1, -0.05) is 165 Å². The molecule has 9 aliphatic rings. The third-order valence-corrected chi connectivity index (χ3v) is 18.0. The van der Waals surface area contributed by atoms with Gasteiger partial charge in [-0.15, -0.1) is 11.8 Å². The third-order valence-electron chi connectivity index (χ3n) is 16.7. The van der Waals surface area contributed by atoms with E-state index in [2.05, 4.69) is 205 Å². The molecule has 0 amide bonds. The second-order valence-corrected chi connectivity index (χ2v) is 22.0. The van der Waals surface area contributed by atoms with E-state index in [-0.39, 0.29) is 24.0 Å². The molecule has 0 aromatic heterocycles. The Bertz CT molecular complexity index is 3480. The van der Waals surface area contributed by atoms with Gasteiger partial charge >= 0.3 is 0 Å². The fraction of sp³-hybridized carbons (Fsp3) is 0.242. The molecule has 14 rings (SSSR count). The lowest BCUT2D eigenvalue weighted by Crippen LogP contribution is -2.42. The van der Waals surface area contributed by atoms with Crippen molar-refractivity contribution in [3.8, 4) is 5.75 Å². The molecule has 0 bridgehead atoms. The molecule has 4 heterocycles. The van der Waals surface area contributed by atoms with E-state index in [1.807, 2.05) is 11.8 Å². The number of hydrogen-bond acceptors (Lipinski definition) is 6. The summed E-state index contributed by atoms with van der Waals surface area (Å²) in [6.07, 6.45) is 37.2. The molecule has 5 aromatic carbocycles. The second-order valence-electron chi connectivity index (χ2n) is 20.7. The van der Waals surface area contributed by atoms with Gasteiger partial charge in [-0.3, -0.25) is 0 Å². The number of allylic oxidation sites excluding steroid dienone is 14. The molecule has 1 N–H and O–H groups in total. The van der Waals surface area contributed by atoms with Crippen LogP contribution in [0, 0.1) is 11.8 Å². The van der Waals surface area contributed by atoms with Crippen LogP contribution in [0.5, 0.6) is 5.75 Å². The normalized spacial score (nSPS) is 26.2. The maximum absolute atomic E-state index is 6.67. The maximum atomic E-state index is 6.67. The van der Waals surface area contributed by atoms with Crippen molar-refractivity contribution in [2.45, 2.75) is 86.1 Å². The molecule has 0 saturated heterocycles. The van der Waals surface area contributed by atoms with Gasteiger partial charge in [0.1, 0.15) is 30.2 Å². The number of para-hydroxylation sites is 1. The fourth-order valence-electron chi connectivity index (χ4n) is 13.2. The van der Waals surface area contributed by atoms with Crippen LogP contribution >= 0.6 is 11.8 Å². The highest BCUT2D eigenvalue weighted by atomic mass is 32.2. The van der Waals surface area contributed by atoms with E-state index in [4.69, 9.17) is 14.7 Å². The standard InChI is InChI=1S/C66H58N4OS/c1-2-46-47-21-8-9-22-49(47)50(33-31-41-17-4-3-5-18-41)48(46)26-16-30-64-67-65(44-32-34-54-53-25-12-15-29-62(53)72-63(54)37-44)69-66(68-64)57-39-45(38-55-52-24-11-14-28-61(52)71-40-58(55)57)70-59-27-13-10-23-51(59)56-35-42-19-6-7-20-43(42)36-60(56)70/h3-17,19-29,32,34-36,38,41,50-51,57,59,63-64H,2,18,30-31,33,37,39-40H2,1H3,(H,67,68,69)/b26-16-/t41?,50?,51?,57?,59-,63?,64?/m0/s1. The number of rotatable bonds is 10. The zero-order chi connectivity index (χ0) is 47.7. The molecular weight excluding hydrogens is 897 g/mol. The van der Waals surface area contributed by atoms with Crippen LogP contribution in [0.4, 0.5) is 5.69 Å². The highest BCUT2D eigenvalue weighted by Gasteiger charge is 2.43. The second kappa shape index (κ2) is 18.2. The molecule has 7 atom stereocenters. The molecule has 0 radical (unpaired) electrons. The Hall–Kier alpha value is -7.15. The number of thioether (sulfide) groups is 1. The predicted molar refractivity (Wildman–Crippen MR) is 301 cm³/mol. The van der Waals surface area contributed by atoms with Gasteiger partial charge < -0.3 is 15.0 Å². The van der Waals surface area contributed by atoms with E-state index >= 15 is 0 Å². The van der Waals surface area contributed by atoms with Crippen LogP contribution in [-0.4, -0.2) is 35.7 Å². The smallest absolute Gasteiger partial charge is 0.135 e. The van der Waals surface area contributed by atoms with Crippen molar-refractivity contribution in [1.82, 2.24) is 5.32 Å². The first-order valence-corrected chi connectivity index (χ1v) is 27.3. The highest BCUT2D eigenvalue weighted by molar-refractivity contribution is 8.00. The van der Waals surface area contributed by atoms with Gasteiger partial charge in [0, 0.05) is 57.7 Å². The molecular formula is C66H58N4OS. The van der Waals surface area contributed by atoms with Gasteiger partial charge in [0.05, 0.1) is 6.04 Å². The quantitative estimate of drug-likeness (QED) is 0.152. The summed E-state index contributed by atoms with van der Waals surface area (Å²) in [5.41, 5.74) is 17.5. The summed E-state index contributed by atoms with van der Waals surface area (Å²) < 4.78 is 6.67. The monoisotopic (exact) mass is 954 g/mol. The fourth-order valence-corrected chi connectivity index (χ4v) is 14.6. The van der Waals surface area contributed by atoms with Crippen LogP contribution in [0.1, 0.15) is 91.5 Å². The topological polar surface area (TPSA) is 49.2 Å². The lowest BCUT2D eigenvalue weighted by molar-refractivity contribution is 0.334. The molecule has 0 fully saturated rings. The van der Waals surface area contributed by atoms with Crippen molar-refractivity contribution in [1.29, 1.82) is 0 Å². The van der Waals surface area contributed by atoms with Crippen molar-refractivity contribution in [3.63, 3.8) is 0 Å². The van der Waals surface area contributed by atoms with Crippen molar-refractivity contribution >= 4 is 56.6 Å². The van der Waals surface area contributed by atoms with Crippen molar-refractivity contribution in [2.75, 3.05) is 11.5 Å². The molecule has 4 aliphatic heterocycles. The molecule has 5 aliphatic carbocycles. The zero-order valence-electron chi connectivity index (χ0n) is 40.8. The number of fused-ring (bicyclic) bond motifs is 10. The first-order chi connectivity index (χ1) is 35.6. The van der Waals surface area contributed by atoms with Crippen LogP contribution in [0.25, 0.3) is 27.5 Å². The molecule has 72 heavy (non-hydrogen) atoms. The molecule has 0 saturated carbocycles. The third kappa shape index (κ3) is 7.52. The summed E-state index contributed by atoms with van der Waals surface area (Å²) in [6.45, 7) is 2.83. The van der Waals surface area contributed by atoms with Crippen LogP contribution in [0.3, 0.4) is 0 Å². The number of ether oxygens (including phenoxy) is 1. The summed E-state index contributed by atoms with van der Waals surface area (Å²) in [4.78, 5) is 15.4. The molecule has 0 spiro atoms. The Balaban J connectivity index is 0.854. The van der Waals surface area contributed by atoms with Gasteiger partial charge in [-0.05, 0) is 135 Å².